The number of rotatable bonds is 2. The Morgan fingerprint density at radius 2 is 1.59 bits per heavy atom. The van der Waals surface area contributed by atoms with Gasteiger partial charge in [-0.2, -0.15) is 0 Å². The first kappa shape index (κ1) is 21.9. The van der Waals surface area contributed by atoms with Crippen LogP contribution in [-0.4, -0.2) is 14.5 Å². The molecule has 0 bridgehead atoms. The molecule has 3 heterocycles. The van der Waals surface area contributed by atoms with Crippen molar-refractivity contribution in [2.24, 2.45) is 0 Å². The van der Waals surface area contributed by atoms with Gasteiger partial charge in [-0.05, 0) is 29.3 Å². The van der Waals surface area contributed by atoms with Crippen molar-refractivity contribution in [3.8, 4) is 33.8 Å². The van der Waals surface area contributed by atoms with E-state index < -0.39 is 0 Å². The van der Waals surface area contributed by atoms with Crippen molar-refractivity contribution in [3.05, 3.63) is 121 Å². The number of nitrogens with zero attached hydrogens (tertiary/aromatic N) is 3. The summed E-state index contributed by atoms with van der Waals surface area (Å²) in [5, 5.41) is 0. The van der Waals surface area contributed by atoms with E-state index >= 15 is 0 Å². The van der Waals surface area contributed by atoms with Gasteiger partial charge in [0.1, 0.15) is 0 Å². The van der Waals surface area contributed by atoms with E-state index in [9.17, 15) is 0 Å². The molecule has 0 aliphatic carbocycles. The number of fused-ring (bicyclic) bond motifs is 3. The average molecular weight is 592 g/mol. The molecule has 3 nitrogen and oxygen atoms in total. The molecular formula is C28H21IrN3-2. The minimum Gasteiger partial charge on any atom is -0.371 e. The molecule has 0 unspecified atom stereocenters. The standard InChI is InChI=1S/C17H12N.C11H9N2.Ir/c1-3-7-14(8-4-1)16-11-12-18-17(13-16)15-9-5-2-6-10-15;1-2-4-10-9(3-1)5-7-13-8-6-12-11(10)13;/h1-9,11-13H;1-3,6,8H,5,7H2;/q2*-1;. The van der Waals surface area contributed by atoms with E-state index in [4.69, 9.17) is 0 Å². The Hall–Kier alpha value is -3.33. The van der Waals surface area contributed by atoms with Gasteiger partial charge in [-0.3, -0.25) is 4.98 Å². The Labute approximate surface area is 202 Å². The molecule has 1 aliphatic heterocycles. The minimum atomic E-state index is 0. The van der Waals surface area contributed by atoms with Gasteiger partial charge in [-0.25, -0.2) is 0 Å². The largest absolute Gasteiger partial charge is 0.371 e. The summed E-state index contributed by atoms with van der Waals surface area (Å²) in [4.78, 5) is 8.73. The zero-order valence-corrected chi connectivity index (χ0v) is 19.8. The molecule has 0 spiro atoms. The van der Waals surface area contributed by atoms with E-state index in [1.807, 2.05) is 79.3 Å². The van der Waals surface area contributed by atoms with Crippen LogP contribution in [0.4, 0.5) is 0 Å². The monoisotopic (exact) mass is 592 g/mol. The van der Waals surface area contributed by atoms with Crippen LogP contribution in [0.2, 0.25) is 0 Å². The first-order valence-corrected chi connectivity index (χ1v) is 10.4. The summed E-state index contributed by atoms with van der Waals surface area (Å²) in [7, 11) is 0. The fraction of sp³-hybridized carbons (Fsp3) is 0.0714. The zero-order valence-electron chi connectivity index (χ0n) is 17.4. The molecule has 0 amide bonds. The summed E-state index contributed by atoms with van der Waals surface area (Å²) in [6.45, 7) is 1.04. The van der Waals surface area contributed by atoms with Crippen molar-refractivity contribution < 1.29 is 20.1 Å². The second kappa shape index (κ2) is 10.3. The molecule has 0 N–H and O–H groups in total. The molecular weight excluding hydrogens is 571 g/mol. The van der Waals surface area contributed by atoms with Crippen LogP contribution in [0.15, 0.2) is 104 Å². The van der Waals surface area contributed by atoms with E-state index in [0.29, 0.717) is 0 Å². The molecule has 3 aromatic carbocycles. The number of imidazole rings is 1. The SMILES string of the molecule is [Ir].[c-]1cccc2c1-c1nccn1CC2.[c-]1ccccc1-c1cc(-c2ccccc2)ccn1. The number of pyridine rings is 1. The fourth-order valence-corrected chi connectivity index (χ4v) is 3.79. The van der Waals surface area contributed by atoms with Crippen LogP contribution in [0.5, 0.6) is 0 Å². The van der Waals surface area contributed by atoms with E-state index in [-0.39, 0.29) is 20.1 Å². The predicted molar refractivity (Wildman–Crippen MR) is 124 cm³/mol. The number of aromatic nitrogens is 3. The Balaban J connectivity index is 0.000000155. The van der Waals surface area contributed by atoms with Gasteiger partial charge in [-0.1, -0.05) is 36.4 Å². The average Bonchev–Trinajstić information content (AvgIpc) is 3.35. The molecule has 0 fully saturated rings. The van der Waals surface area contributed by atoms with Crippen LogP contribution >= 0.6 is 0 Å². The number of benzene rings is 3. The van der Waals surface area contributed by atoms with Crippen LogP contribution in [-0.2, 0) is 33.1 Å². The smallest absolute Gasteiger partial charge is 0.0560 e. The van der Waals surface area contributed by atoms with Crippen molar-refractivity contribution in [3.63, 3.8) is 0 Å². The molecule has 2 aromatic heterocycles. The van der Waals surface area contributed by atoms with Crippen LogP contribution in [0, 0.1) is 12.1 Å². The second-order valence-corrected chi connectivity index (χ2v) is 7.34. The molecule has 0 saturated carbocycles. The summed E-state index contributed by atoms with van der Waals surface area (Å²) in [6, 6.07) is 34.9. The van der Waals surface area contributed by atoms with Crippen LogP contribution in [0.3, 0.4) is 0 Å². The molecule has 5 aromatic rings. The summed E-state index contributed by atoms with van der Waals surface area (Å²) in [5.41, 5.74) is 6.89. The van der Waals surface area contributed by atoms with Crippen molar-refractivity contribution in [1.82, 2.24) is 14.5 Å². The summed E-state index contributed by atoms with van der Waals surface area (Å²) in [5.74, 6) is 1.06. The van der Waals surface area contributed by atoms with Crippen molar-refractivity contribution in [2.45, 2.75) is 13.0 Å². The fourth-order valence-electron chi connectivity index (χ4n) is 3.79. The van der Waals surface area contributed by atoms with E-state index in [0.717, 1.165) is 30.0 Å². The third-order valence-corrected chi connectivity index (χ3v) is 5.36. The number of hydrogen-bond acceptors (Lipinski definition) is 2. The number of aryl methyl sites for hydroxylation is 2. The van der Waals surface area contributed by atoms with Gasteiger partial charge in [0.2, 0.25) is 0 Å². The van der Waals surface area contributed by atoms with Gasteiger partial charge < -0.3 is 9.55 Å². The van der Waals surface area contributed by atoms with Crippen LogP contribution in [0.25, 0.3) is 33.8 Å². The summed E-state index contributed by atoms with van der Waals surface area (Å²) < 4.78 is 2.18. The topological polar surface area (TPSA) is 30.7 Å². The first-order valence-electron chi connectivity index (χ1n) is 10.4. The Morgan fingerprint density at radius 3 is 2.44 bits per heavy atom. The van der Waals surface area contributed by atoms with Gasteiger partial charge in [0.05, 0.1) is 5.82 Å². The molecule has 0 saturated heterocycles. The third-order valence-electron chi connectivity index (χ3n) is 5.36. The summed E-state index contributed by atoms with van der Waals surface area (Å²) >= 11 is 0. The van der Waals surface area contributed by atoms with Gasteiger partial charge in [-0.15, -0.1) is 71.3 Å². The Morgan fingerprint density at radius 1 is 0.750 bits per heavy atom. The normalized spacial score (nSPS) is 11.2. The van der Waals surface area contributed by atoms with Crippen LogP contribution in [0.1, 0.15) is 5.56 Å². The third kappa shape index (κ3) is 4.77. The predicted octanol–water partition coefficient (Wildman–Crippen LogP) is 6.12. The molecule has 6 rings (SSSR count). The second-order valence-electron chi connectivity index (χ2n) is 7.34. The van der Waals surface area contributed by atoms with E-state index in [1.54, 1.807) is 0 Å². The maximum absolute atomic E-state index is 4.40. The van der Waals surface area contributed by atoms with Gasteiger partial charge >= 0.3 is 0 Å². The minimum absolute atomic E-state index is 0. The molecule has 159 valence electrons. The van der Waals surface area contributed by atoms with Crippen molar-refractivity contribution in [2.75, 3.05) is 0 Å². The van der Waals surface area contributed by atoms with Crippen LogP contribution < -0.4 is 0 Å². The van der Waals surface area contributed by atoms with Crippen molar-refractivity contribution >= 4 is 0 Å². The Bertz CT molecular complexity index is 1230. The maximum atomic E-state index is 4.40. The van der Waals surface area contributed by atoms with E-state index in [1.165, 1.54) is 22.3 Å². The van der Waals surface area contributed by atoms with Gasteiger partial charge in [0.25, 0.3) is 0 Å². The molecule has 4 heteroatoms. The van der Waals surface area contributed by atoms with Crippen molar-refractivity contribution in [1.29, 1.82) is 0 Å². The molecule has 0 atom stereocenters. The summed E-state index contributed by atoms with van der Waals surface area (Å²) in [6.07, 6.45) is 6.82. The first-order chi connectivity index (χ1) is 15.4. The molecule has 32 heavy (non-hydrogen) atoms. The Kier molecular flexibility index (Phi) is 7.06. The maximum Gasteiger partial charge on any atom is 0.0560 e. The zero-order chi connectivity index (χ0) is 20.9. The number of hydrogen-bond donors (Lipinski definition) is 0. The van der Waals surface area contributed by atoms with Gasteiger partial charge in [0.15, 0.2) is 0 Å². The van der Waals surface area contributed by atoms with E-state index in [2.05, 4.69) is 50.9 Å². The molecule has 1 aliphatic rings. The molecule has 1 radical (unpaired) electrons. The quantitative estimate of drug-likeness (QED) is 0.232. The van der Waals surface area contributed by atoms with Gasteiger partial charge in [0, 0.05) is 45.2 Å².